The first kappa shape index (κ1) is 13.3. The van der Waals surface area contributed by atoms with Crippen molar-refractivity contribution in [2.24, 2.45) is 5.73 Å². The standard InChI is InChI=1S/C14H29N3/c1-12-5-3-6-14(11-15)17(12)13-7-4-9-16(2)10-8-13/h12-14H,3-11,15H2,1-2H3. The lowest BCUT2D eigenvalue weighted by atomic mass is 9.92. The summed E-state index contributed by atoms with van der Waals surface area (Å²) in [5.41, 5.74) is 5.98. The van der Waals surface area contributed by atoms with Crippen molar-refractivity contribution in [3.05, 3.63) is 0 Å². The maximum absolute atomic E-state index is 5.98. The van der Waals surface area contributed by atoms with Crippen LogP contribution in [0.1, 0.15) is 45.4 Å². The SMILES string of the molecule is CC1CCCC(CN)N1C1CCCN(C)CC1. The van der Waals surface area contributed by atoms with E-state index in [2.05, 4.69) is 23.8 Å². The number of hydrogen-bond donors (Lipinski definition) is 1. The molecule has 2 saturated heterocycles. The van der Waals surface area contributed by atoms with Crippen molar-refractivity contribution in [1.82, 2.24) is 9.80 Å². The predicted octanol–water partition coefficient (Wildman–Crippen LogP) is 1.67. The fourth-order valence-electron chi connectivity index (χ4n) is 3.73. The molecule has 2 N–H and O–H groups in total. The summed E-state index contributed by atoms with van der Waals surface area (Å²) >= 11 is 0. The second-order valence-electron chi connectivity index (χ2n) is 6.00. The Morgan fingerprint density at radius 2 is 1.88 bits per heavy atom. The average molecular weight is 239 g/mol. The van der Waals surface area contributed by atoms with Gasteiger partial charge in [0.25, 0.3) is 0 Å². The van der Waals surface area contributed by atoms with Crippen LogP contribution in [0.15, 0.2) is 0 Å². The lowest BCUT2D eigenvalue weighted by molar-refractivity contribution is 0.0433. The van der Waals surface area contributed by atoms with Crippen LogP contribution in [-0.2, 0) is 0 Å². The monoisotopic (exact) mass is 239 g/mol. The van der Waals surface area contributed by atoms with Gasteiger partial charge in [-0.05, 0) is 59.2 Å². The van der Waals surface area contributed by atoms with E-state index in [0.717, 1.165) is 18.6 Å². The van der Waals surface area contributed by atoms with Gasteiger partial charge in [0.2, 0.25) is 0 Å². The van der Waals surface area contributed by atoms with Crippen LogP contribution in [-0.4, -0.2) is 54.6 Å². The molecule has 0 aliphatic carbocycles. The highest BCUT2D eigenvalue weighted by atomic mass is 15.2. The van der Waals surface area contributed by atoms with Gasteiger partial charge in [-0.2, -0.15) is 0 Å². The molecule has 0 aromatic heterocycles. The first-order valence-corrected chi connectivity index (χ1v) is 7.38. The summed E-state index contributed by atoms with van der Waals surface area (Å²) in [6.45, 7) is 5.77. The van der Waals surface area contributed by atoms with E-state index < -0.39 is 0 Å². The number of nitrogens with zero attached hydrogens (tertiary/aromatic N) is 2. The zero-order valence-electron chi connectivity index (χ0n) is 11.6. The number of piperidine rings is 1. The fourth-order valence-corrected chi connectivity index (χ4v) is 3.73. The third-order valence-corrected chi connectivity index (χ3v) is 4.70. The van der Waals surface area contributed by atoms with Gasteiger partial charge in [0, 0.05) is 24.7 Å². The molecule has 3 atom stereocenters. The molecule has 0 spiro atoms. The van der Waals surface area contributed by atoms with Crippen LogP contribution in [0, 0.1) is 0 Å². The molecular weight excluding hydrogens is 210 g/mol. The number of nitrogens with two attached hydrogens (primary N) is 1. The van der Waals surface area contributed by atoms with Crippen molar-refractivity contribution >= 4 is 0 Å². The Morgan fingerprint density at radius 1 is 1.06 bits per heavy atom. The van der Waals surface area contributed by atoms with E-state index in [1.165, 1.54) is 51.6 Å². The van der Waals surface area contributed by atoms with Crippen LogP contribution < -0.4 is 5.73 Å². The van der Waals surface area contributed by atoms with Crippen molar-refractivity contribution in [3.63, 3.8) is 0 Å². The Balaban J connectivity index is 2.01. The van der Waals surface area contributed by atoms with Crippen LogP contribution in [0.5, 0.6) is 0 Å². The maximum atomic E-state index is 5.98. The first-order valence-electron chi connectivity index (χ1n) is 7.38. The van der Waals surface area contributed by atoms with E-state index in [-0.39, 0.29) is 0 Å². The minimum atomic E-state index is 0.646. The third-order valence-electron chi connectivity index (χ3n) is 4.70. The summed E-state index contributed by atoms with van der Waals surface area (Å²) in [6, 6.07) is 2.17. The molecule has 0 saturated carbocycles. The van der Waals surface area contributed by atoms with Crippen LogP contribution in [0.2, 0.25) is 0 Å². The van der Waals surface area contributed by atoms with E-state index >= 15 is 0 Å². The summed E-state index contributed by atoms with van der Waals surface area (Å²) in [5, 5.41) is 0. The molecule has 2 fully saturated rings. The normalized spacial score (nSPS) is 37.9. The zero-order valence-corrected chi connectivity index (χ0v) is 11.6. The second kappa shape index (κ2) is 6.17. The van der Waals surface area contributed by atoms with Crippen LogP contribution in [0.3, 0.4) is 0 Å². The molecule has 0 bridgehead atoms. The minimum Gasteiger partial charge on any atom is -0.329 e. The van der Waals surface area contributed by atoms with E-state index in [1.54, 1.807) is 0 Å². The van der Waals surface area contributed by atoms with Crippen LogP contribution in [0.4, 0.5) is 0 Å². The van der Waals surface area contributed by atoms with Crippen molar-refractivity contribution < 1.29 is 0 Å². The van der Waals surface area contributed by atoms with E-state index in [1.807, 2.05) is 0 Å². The molecule has 0 amide bonds. The summed E-state index contributed by atoms with van der Waals surface area (Å²) in [4.78, 5) is 5.24. The number of rotatable bonds is 2. The average Bonchev–Trinajstić information content (AvgIpc) is 2.54. The van der Waals surface area contributed by atoms with E-state index in [4.69, 9.17) is 5.73 Å². The Labute approximate surface area is 106 Å². The predicted molar refractivity (Wildman–Crippen MR) is 73.1 cm³/mol. The van der Waals surface area contributed by atoms with Gasteiger partial charge in [-0.15, -0.1) is 0 Å². The molecule has 3 unspecified atom stereocenters. The Hall–Kier alpha value is -0.120. The van der Waals surface area contributed by atoms with Crippen molar-refractivity contribution in [1.29, 1.82) is 0 Å². The Morgan fingerprint density at radius 3 is 2.65 bits per heavy atom. The molecule has 3 heteroatoms. The van der Waals surface area contributed by atoms with E-state index in [9.17, 15) is 0 Å². The maximum Gasteiger partial charge on any atom is 0.0224 e. The molecule has 0 radical (unpaired) electrons. The fraction of sp³-hybridized carbons (Fsp3) is 1.00. The zero-order chi connectivity index (χ0) is 12.3. The molecule has 17 heavy (non-hydrogen) atoms. The van der Waals surface area contributed by atoms with Crippen molar-refractivity contribution in [2.75, 3.05) is 26.7 Å². The van der Waals surface area contributed by atoms with Crippen molar-refractivity contribution in [2.45, 2.75) is 63.6 Å². The molecule has 100 valence electrons. The smallest absolute Gasteiger partial charge is 0.0224 e. The van der Waals surface area contributed by atoms with Gasteiger partial charge in [0.1, 0.15) is 0 Å². The quantitative estimate of drug-likeness (QED) is 0.795. The highest BCUT2D eigenvalue weighted by Gasteiger charge is 2.33. The molecule has 0 aromatic carbocycles. The molecular formula is C14H29N3. The van der Waals surface area contributed by atoms with Crippen LogP contribution >= 0.6 is 0 Å². The summed E-state index contributed by atoms with van der Waals surface area (Å²) in [5.74, 6) is 0. The van der Waals surface area contributed by atoms with Crippen LogP contribution in [0.25, 0.3) is 0 Å². The van der Waals surface area contributed by atoms with Gasteiger partial charge in [0.15, 0.2) is 0 Å². The largest absolute Gasteiger partial charge is 0.329 e. The van der Waals surface area contributed by atoms with E-state index in [0.29, 0.717) is 6.04 Å². The van der Waals surface area contributed by atoms with Gasteiger partial charge in [-0.1, -0.05) is 6.42 Å². The minimum absolute atomic E-state index is 0.646. The Kier molecular flexibility index (Phi) is 4.83. The summed E-state index contributed by atoms with van der Waals surface area (Å²) in [6.07, 6.45) is 8.09. The summed E-state index contributed by atoms with van der Waals surface area (Å²) < 4.78 is 0. The molecule has 0 aromatic rings. The van der Waals surface area contributed by atoms with Gasteiger partial charge in [-0.25, -0.2) is 0 Å². The van der Waals surface area contributed by atoms with Gasteiger partial charge in [0.05, 0.1) is 0 Å². The topological polar surface area (TPSA) is 32.5 Å². The molecule has 2 heterocycles. The lowest BCUT2D eigenvalue weighted by Gasteiger charge is -2.45. The molecule has 2 rings (SSSR count). The van der Waals surface area contributed by atoms with Gasteiger partial charge in [-0.3, -0.25) is 4.90 Å². The first-order chi connectivity index (χ1) is 8.22. The molecule has 3 nitrogen and oxygen atoms in total. The lowest BCUT2D eigenvalue weighted by Crippen LogP contribution is -2.53. The molecule has 2 aliphatic heterocycles. The second-order valence-corrected chi connectivity index (χ2v) is 6.00. The molecule has 2 aliphatic rings. The van der Waals surface area contributed by atoms with Gasteiger partial charge >= 0.3 is 0 Å². The highest BCUT2D eigenvalue weighted by Crippen LogP contribution is 2.28. The van der Waals surface area contributed by atoms with Crippen molar-refractivity contribution in [3.8, 4) is 0 Å². The number of hydrogen-bond acceptors (Lipinski definition) is 3. The third kappa shape index (κ3) is 3.21. The number of likely N-dealkylation sites (tertiary alicyclic amines) is 2. The summed E-state index contributed by atoms with van der Waals surface area (Å²) in [7, 11) is 2.25. The van der Waals surface area contributed by atoms with Gasteiger partial charge < -0.3 is 10.6 Å². The highest BCUT2D eigenvalue weighted by molar-refractivity contribution is 4.89. The Bertz CT molecular complexity index is 232.